The lowest BCUT2D eigenvalue weighted by molar-refractivity contribution is 0.102. The van der Waals surface area contributed by atoms with E-state index in [2.05, 4.69) is 10.1 Å². The molecule has 0 radical (unpaired) electrons. The number of ketones is 1. The normalized spacial score (nSPS) is 10.8. The number of pyridine rings is 2. The van der Waals surface area contributed by atoms with Crippen LogP contribution >= 0.6 is 11.6 Å². The SMILES string of the molecule is CC(=O)c1c(-c2ccncc2)nn2c(Cl)cccc12. The van der Waals surface area contributed by atoms with Gasteiger partial charge in [0.2, 0.25) is 0 Å². The zero-order chi connectivity index (χ0) is 13.4. The summed E-state index contributed by atoms with van der Waals surface area (Å²) in [4.78, 5) is 15.9. The Morgan fingerprint density at radius 1 is 1.21 bits per heavy atom. The van der Waals surface area contributed by atoms with Crippen molar-refractivity contribution in [3.05, 3.63) is 53.4 Å². The van der Waals surface area contributed by atoms with E-state index in [9.17, 15) is 4.79 Å². The van der Waals surface area contributed by atoms with E-state index in [1.807, 2.05) is 24.3 Å². The van der Waals surface area contributed by atoms with Gasteiger partial charge in [0.1, 0.15) is 10.8 Å². The Labute approximate surface area is 114 Å². The van der Waals surface area contributed by atoms with Crippen LogP contribution in [-0.4, -0.2) is 20.4 Å². The summed E-state index contributed by atoms with van der Waals surface area (Å²) in [7, 11) is 0. The van der Waals surface area contributed by atoms with Crippen LogP contribution in [0.5, 0.6) is 0 Å². The molecule has 0 unspecified atom stereocenters. The topological polar surface area (TPSA) is 47.3 Å². The number of carbonyl (C=O) groups excluding carboxylic acids is 1. The number of Topliss-reactive ketones (excluding diaryl/α,β-unsaturated/α-hetero) is 1. The first-order chi connectivity index (χ1) is 9.18. The van der Waals surface area contributed by atoms with Crippen molar-refractivity contribution >= 4 is 22.9 Å². The maximum Gasteiger partial charge on any atom is 0.164 e. The van der Waals surface area contributed by atoms with Gasteiger partial charge in [0.15, 0.2) is 5.78 Å². The minimum Gasteiger partial charge on any atom is -0.294 e. The number of hydrogen-bond acceptors (Lipinski definition) is 3. The van der Waals surface area contributed by atoms with Gasteiger partial charge in [-0.2, -0.15) is 5.10 Å². The Balaban J connectivity index is 2.39. The van der Waals surface area contributed by atoms with E-state index in [0.29, 0.717) is 21.9 Å². The van der Waals surface area contributed by atoms with Gasteiger partial charge in [-0.25, -0.2) is 4.52 Å². The van der Waals surface area contributed by atoms with E-state index in [-0.39, 0.29) is 5.78 Å². The summed E-state index contributed by atoms with van der Waals surface area (Å²) in [6.07, 6.45) is 3.34. The lowest BCUT2D eigenvalue weighted by Crippen LogP contribution is -1.94. The number of carbonyl (C=O) groups is 1. The summed E-state index contributed by atoms with van der Waals surface area (Å²) < 4.78 is 1.58. The highest BCUT2D eigenvalue weighted by atomic mass is 35.5. The van der Waals surface area contributed by atoms with Gasteiger partial charge in [0.25, 0.3) is 0 Å². The minimum absolute atomic E-state index is 0.0379. The monoisotopic (exact) mass is 271 g/mol. The van der Waals surface area contributed by atoms with E-state index >= 15 is 0 Å². The number of aromatic nitrogens is 3. The van der Waals surface area contributed by atoms with Crippen LogP contribution in [0.25, 0.3) is 16.8 Å². The predicted molar refractivity (Wildman–Crippen MR) is 73.4 cm³/mol. The maximum absolute atomic E-state index is 11.9. The molecule has 0 N–H and O–H groups in total. The zero-order valence-corrected chi connectivity index (χ0v) is 10.9. The number of fused-ring (bicyclic) bond motifs is 1. The molecule has 3 heterocycles. The molecule has 0 aliphatic rings. The summed E-state index contributed by atoms with van der Waals surface area (Å²) in [6.45, 7) is 1.53. The van der Waals surface area contributed by atoms with Crippen molar-refractivity contribution < 1.29 is 4.79 Å². The van der Waals surface area contributed by atoms with Crippen molar-refractivity contribution in [3.63, 3.8) is 0 Å². The lowest BCUT2D eigenvalue weighted by atomic mass is 10.1. The highest BCUT2D eigenvalue weighted by molar-refractivity contribution is 6.30. The van der Waals surface area contributed by atoms with E-state index in [4.69, 9.17) is 11.6 Å². The first-order valence-electron chi connectivity index (χ1n) is 5.77. The molecule has 0 bridgehead atoms. The van der Waals surface area contributed by atoms with Crippen molar-refractivity contribution in [1.82, 2.24) is 14.6 Å². The van der Waals surface area contributed by atoms with E-state index < -0.39 is 0 Å². The van der Waals surface area contributed by atoms with Gasteiger partial charge < -0.3 is 0 Å². The Bertz CT molecular complexity index is 765. The molecule has 5 heteroatoms. The molecule has 3 aromatic rings. The van der Waals surface area contributed by atoms with Gasteiger partial charge in [-0.1, -0.05) is 17.7 Å². The van der Waals surface area contributed by atoms with Crippen LogP contribution in [0.15, 0.2) is 42.7 Å². The fourth-order valence-electron chi connectivity index (χ4n) is 2.10. The number of rotatable bonds is 2. The molecule has 0 saturated heterocycles. The van der Waals surface area contributed by atoms with E-state index in [1.54, 1.807) is 23.0 Å². The van der Waals surface area contributed by atoms with Gasteiger partial charge in [0, 0.05) is 18.0 Å². The highest BCUT2D eigenvalue weighted by Crippen LogP contribution is 2.27. The fraction of sp³-hybridized carbons (Fsp3) is 0.0714. The molecule has 0 aromatic carbocycles. The fourth-order valence-corrected chi connectivity index (χ4v) is 2.30. The quantitative estimate of drug-likeness (QED) is 0.531. The molecule has 3 rings (SSSR count). The van der Waals surface area contributed by atoms with Gasteiger partial charge in [-0.05, 0) is 31.2 Å². The minimum atomic E-state index is -0.0379. The molecule has 0 amide bonds. The molecular weight excluding hydrogens is 262 g/mol. The van der Waals surface area contributed by atoms with Crippen LogP contribution < -0.4 is 0 Å². The molecular formula is C14H10ClN3O. The Morgan fingerprint density at radius 2 is 1.95 bits per heavy atom. The van der Waals surface area contributed by atoms with Crippen molar-refractivity contribution in [2.45, 2.75) is 6.92 Å². The second-order valence-electron chi connectivity index (χ2n) is 4.16. The largest absolute Gasteiger partial charge is 0.294 e. The molecule has 4 nitrogen and oxygen atoms in total. The van der Waals surface area contributed by atoms with Crippen LogP contribution in [0.4, 0.5) is 0 Å². The van der Waals surface area contributed by atoms with Gasteiger partial charge in [-0.15, -0.1) is 0 Å². The highest BCUT2D eigenvalue weighted by Gasteiger charge is 2.18. The summed E-state index contributed by atoms with van der Waals surface area (Å²) in [5.41, 5.74) is 2.77. The molecule has 0 fully saturated rings. The van der Waals surface area contributed by atoms with E-state index in [0.717, 1.165) is 5.56 Å². The molecule has 94 valence electrons. The third-order valence-corrected chi connectivity index (χ3v) is 3.20. The number of nitrogens with zero attached hydrogens (tertiary/aromatic N) is 3. The molecule has 0 aliphatic carbocycles. The first-order valence-corrected chi connectivity index (χ1v) is 6.15. The molecule has 3 aromatic heterocycles. The summed E-state index contributed by atoms with van der Waals surface area (Å²) in [6, 6.07) is 9.02. The van der Waals surface area contributed by atoms with E-state index in [1.165, 1.54) is 6.92 Å². The van der Waals surface area contributed by atoms with Crippen molar-refractivity contribution in [1.29, 1.82) is 0 Å². The van der Waals surface area contributed by atoms with Gasteiger partial charge in [0.05, 0.1) is 11.1 Å². The average molecular weight is 272 g/mol. The second-order valence-corrected chi connectivity index (χ2v) is 4.55. The van der Waals surface area contributed by atoms with Crippen molar-refractivity contribution in [2.75, 3.05) is 0 Å². The van der Waals surface area contributed by atoms with Crippen molar-refractivity contribution in [3.8, 4) is 11.3 Å². The molecule has 0 saturated carbocycles. The molecule has 0 spiro atoms. The third-order valence-electron chi connectivity index (χ3n) is 2.92. The molecule has 0 aliphatic heterocycles. The van der Waals surface area contributed by atoms with Crippen LogP contribution in [0.2, 0.25) is 5.15 Å². The predicted octanol–water partition coefficient (Wildman–Crippen LogP) is 3.25. The van der Waals surface area contributed by atoms with Crippen LogP contribution in [0.3, 0.4) is 0 Å². The van der Waals surface area contributed by atoms with Crippen LogP contribution in [0, 0.1) is 0 Å². The Hall–Kier alpha value is -2.20. The van der Waals surface area contributed by atoms with Crippen LogP contribution in [0.1, 0.15) is 17.3 Å². The lowest BCUT2D eigenvalue weighted by Gasteiger charge is -1.98. The van der Waals surface area contributed by atoms with Crippen molar-refractivity contribution in [2.24, 2.45) is 0 Å². The maximum atomic E-state index is 11.9. The molecule has 0 atom stereocenters. The standard InChI is InChI=1S/C14H10ClN3O/c1-9(19)13-11-3-2-4-12(15)18(11)17-14(13)10-5-7-16-8-6-10/h2-8H,1H3. The van der Waals surface area contributed by atoms with Gasteiger partial charge in [-0.3, -0.25) is 9.78 Å². The Kier molecular flexibility index (Phi) is 2.80. The van der Waals surface area contributed by atoms with Crippen LogP contribution in [-0.2, 0) is 0 Å². The third kappa shape index (κ3) is 1.90. The summed E-state index contributed by atoms with van der Waals surface area (Å²) in [5.74, 6) is -0.0379. The summed E-state index contributed by atoms with van der Waals surface area (Å²) >= 11 is 6.11. The molecule has 19 heavy (non-hydrogen) atoms. The van der Waals surface area contributed by atoms with Gasteiger partial charge >= 0.3 is 0 Å². The number of hydrogen-bond donors (Lipinski definition) is 0. The Morgan fingerprint density at radius 3 is 2.63 bits per heavy atom. The average Bonchev–Trinajstić information content (AvgIpc) is 2.81. The number of halogens is 1. The first kappa shape index (κ1) is 11.9. The zero-order valence-electron chi connectivity index (χ0n) is 10.2. The smallest absolute Gasteiger partial charge is 0.164 e. The summed E-state index contributed by atoms with van der Waals surface area (Å²) in [5, 5.41) is 4.91. The second kappa shape index (κ2) is 4.48.